The van der Waals surface area contributed by atoms with Crippen LogP contribution in [0.2, 0.25) is 0 Å². The highest BCUT2D eigenvalue weighted by atomic mass is 32.1. The molecule has 4 rings (SSSR count). The molecule has 26 heavy (non-hydrogen) atoms. The van der Waals surface area contributed by atoms with Gasteiger partial charge in [-0.15, -0.1) is 11.3 Å². The number of nitrogens with zero attached hydrogens (tertiary/aromatic N) is 1. The van der Waals surface area contributed by atoms with E-state index in [0.717, 1.165) is 35.5 Å². The molecule has 0 radical (unpaired) electrons. The van der Waals surface area contributed by atoms with Crippen LogP contribution >= 0.6 is 11.3 Å². The quantitative estimate of drug-likeness (QED) is 0.720. The molecule has 1 amide bonds. The Labute approximate surface area is 158 Å². The normalized spacial score (nSPS) is 16.1. The summed E-state index contributed by atoms with van der Waals surface area (Å²) in [6.07, 6.45) is 3.57. The topological polar surface area (TPSA) is 42.0 Å². The molecular weight excluding hydrogens is 340 g/mol. The number of nitrogens with one attached hydrogen (secondary N) is 1. The standard InChI is InChI=1S/C22H22N2OS/c1-15-9-11-17(12-10-15)22-23-18(14-26-22)13-21(25)24-20-8-4-6-16-5-2-3-7-19(16)20/h2-3,5,7,9-12,14,20H,4,6,8,13H2,1H3,(H,24,25)/t20-/m0/s1. The van der Waals surface area contributed by atoms with Gasteiger partial charge < -0.3 is 5.32 Å². The zero-order chi connectivity index (χ0) is 17.9. The first-order valence-electron chi connectivity index (χ1n) is 9.07. The minimum absolute atomic E-state index is 0.0486. The molecule has 1 aromatic heterocycles. The van der Waals surface area contributed by atoms with E-state index in [1.165, 1.54) is 16.7 Å². The summed E-state index contributed by atoms with van der Waals surface area (Å²) >= 11 is 1.59. The van der Waals surface area contributed by atoms with Crippen LogP contribution in [0.1, 0.15) is 41.3 Å². The van der Waals surface area contributed by atoms with E-state index in [2.05, 4.69) is 65.8 Å². The van der Waals surface area contributed by atoms with Gasteiger partial charge in [0.1, 0.15) is 5.01 Å². The Hall–Kier alpha value is -2.46. The first-order chi connectivity index (χ1) is 12.7. The third-order valence-corrected chi connectivity index (χ3v) is 5.84. The van der Waals surface area contributed by atoms with Crippen LogP contribution in [0.15, 0.2) is 53.9 Å². The Balaban J connectivity index is 1.42. The molecule has 1 aliphatic rings. The van der Waals surface area contributed by atoms with E-state index in [0.29, 0.717) is 6.42 Å². The maximum Gasteiger partial charge on any atom is 0.226 e. The van der Waals surface area contributed by atoms with Crippen LogP contribution < -0.4 is 5.32 Å². The molecule has 0 saturated heterocycles. The zero-order valence-electron chi connectivity index (χ0n) is 14.9. The first-order valence-corrected chi connectivity index (χ1v) is 9.95. The molecule has 0 spiro atoms. The maximum absolute atomic E-state index is 12.5. The zero-order valence-corrected chi connectivity index (χ0v) is 15.7. The molecule has 132 valence electrons. The number of hydrogen-bond donors (Lipinski definition) is 1. The summed E-state index contributed by atoms with van der Waals surface area (Å²) in [5.41, 5.74) is 5.81. The summed E-state index contributed by atoms with van der Waals surface area (Å²) in [5, 5.41) is 6.16. The SMILES string of the molecule is Cc1ccc(-c2nc(CC(=O)N[C@H]3CCCc4ccccc43)cs2)cc1. The lowest BCUT2D eigenvalue weighted by molar-refractivity contribution is -0.121. The number of thiazole rings is 1. The molecule has 0 aliphatic heterocycles. The second-order valence-corrected chi connectivity index (χ2v) is 7.76. The third kappa shape index (κ3) is 3.70. The van der Waals surface area contributed by atoms with E-state index in [1.807, 2.05) is 5.38 Å². The van der Waals surface area contributed by atoms with Crippen molar-refractivity contribution in [3.05, 3.63) is 76.3 Å². The molecule has 4 heteroatoms. The summed E-state index contributed by atoms with van der Waals surface area (Å²) < 4.78 is 0. The summed E-state index contributed by atoms with van der Waals surface area (Å²) in [4.78, 5) is 17.2. The highest BCUT2D eigenvalue weighted by Gasteiger charge is 2.21. The van der Waals surface area contributed by atoms with Crippen molar-refractivity contribution in [3.8, 4) is 10.6 Å². The van der Waals surface area contributed by atoms with Gasteiger partial charge in [0.25, 0.3) is 0 Å². The van der Waals surface area contributed by atoms with Gasteiger partial charge >= 0.3 is 0 Å². The van der Waals surface area contributed by atoms with Crippen LogP contribution in [0.4, 0.5) is 0 Å². The van der Waals surface area contributed by atoms with Gasteiger partial charge in [-0.25, -0.2) is 4.98 Å². The maximum atomic E-state index is 12.5. The van der Waals surface area contributed by atoms with Crippen LogP contribution in [0.5, 0.6) is 0 Å². The monoisotopic (exact) mass is 362 g/mol. The lowest BCUT2D eigenvalue weighted by Gasteiger charge is -2.26. The number of rotatable bonds is 4. The average Bonchev–Trinajstić information content (AvgIpc) is 3.11. The van der Waals surface area contributed by atoms with Gasteiger partial charge in [-0.1, -0.05) is 54.1 Å². The molecule has 2 aromatic carbocycles. The molecule has 1 atom stereocenters. The Bertz CT molecular complexity index is 914. The summed E-state index contributed by atoms with van der Waals surface area (Å²) in [5.74, 6) is 0.0486. The predicted molar refractivity (Wildman–Crippen MR) is 106 cm³/mol. The fourth-order valence-corrected chi connectivity index (χ4v) is 4.36. The van der Waals surface area contributed by atoms with E-state index >= 15 is 0 Å². The van der Waals surface area contributed by atoms with Crippen molar-refractivity contribution >= 4 is 17.2 Å². The van der Waals surface area contributed by atoms with E-state index in [9.17, 15) is 4.79 Å². The van der Waals surface area contributed by atoms with E-state index in [-0.39, 0.29) is 11.9 Å². The number of benzene rings is 2. The van der Waals surface area contributed by atoms with Crippen LogP contribution in [-0.4, -0.2) is 10.9 Å². The molecule has 1 N–H and O–H groups in total. The van der Waals surface area contributed by atoms with Crippen molar-refractivity contribution in [1.29, 1.82) is 0 Å². The number of aryl methyl sites for hydroxylation is 2. The van der Waals surface area contributed by atoms with Gasteiger partial charge in [0.2, 0.25) is 5.91 Å². The van der Waals surface area contributed by atoms with Gasteiger partial charge in [-0.2, -0.15) is 0 Å². The van der Waals surface area contributed by atoms with Crippen molar-refractivity contribution in [2.24, 2.45) is 0 Å². The summed E-state index contributed by atoms with van der Waals surface area (Å²) in [6.45, 7) is 2.07. The molecule has 3 nitrogen and oxygen atoms in total. The van der Waals surface area contributed by atoms with Crippen LogP contribution in [0.25, 0.3) is 10.6 Å². The molecular formula is C22H22N2OS. The number of carbonyl (C=O) groups excluding carboxylic acids is 1. The van der Waals surface area contributed by atoms with Crippen molar-refractivity contribution < 1.29 is 4.79 Å². The first kappa shape index (κ1) is 17.0. The third-order valence-electron chi connectivity index (χ3n) is 4.90. The average molecular weight is 362 g/mol. The molecule has 1 heterocycles. The van der Waals surface area contributed by atoms with Gasteiger partial charge in [-0.3, -0.25) is 4.79 Å². The number of hydrogen-bond acceptors (Lipinski definition) is 3. The second kappa shape index (κ2) is 7.42. The molecule has 0 bridgehead atoms. The van der Waals surface area contributed by atoms with Crippen molar-refractivity contribution in [2.45, 2.75) is 38.6 Å². The van der Waals surface area contributed by atoms with Crippen molar-refractivity contribution in [3.63, 3.8) is 0 Å². The van der Waals surface area contributed by atoms with Gasteiger partial charge in [-0.05, 0) is 37.3 Å². The van der Waals surface area contributed by atoms with Crippen LogP contribution in [0, 0.1) is 6.92 Å². The number of amides is 1. The second-order valence-electron chi connectivity index (χ2n) is 6.90. The minimum atomic E-state index is 0.0486. The minimum Gasteiger partial charge on any atom is -0.349 e. The smallest absolute Gasteiger partial charge is 0.226 e. The lowest BCUT2D eigenvalue weighted by Crippen LogP contribution is -2.32. The molecule has 0 fully saturated rings. The van der Waals surface area contributed by atoms with E-state index < -0.39 is 0 Å². The van der Waals surface area contributed by atoms with Gasteiger partial charge in [0, 0.05) is 10.9 Å². The van der Waals surface area contributed by atoms with Crippen molar-refractivity contribution in [1.82, 2.24) is 10.3 Å². The van der Waals surface area contributed by atoms with Crippen LogP contribution in [-0.2, 0) is 17.6 Å². The Morgan fingerprint density at radius 1 is 1.19 bits per heavy atom. The van der Waals surface area contributed by atoms with Gasteiger partial charge in [0.05, 0.1) is 18.2 Å². The Morgan fingerprint density at radius 3 is 2.85 bits per heavy atom. The Kier molecular flexibility index (Phi) is 4.85. The molecule has 0 saturated carbocycles. The highest BCUT2D eigenvalue weighted by molar-refractivity contribution is 7.13. The van der Waals surface area contributed by atoms with Crippen LogP contribution in [0.3, 0.4) is 0 Å². The Morgan fingerprint density at radius 2 is 2.00 bits per heavy atom. The molecule has 3 aromatic rings. The number of carbonyl (C=O) groups is 1. The summed E-state index contributed by atoms with van der Waals surface area (Å²) in [7, 11) is 0. The van der Waals surface area contributed by atoms with E-state index in [1.54, 1.807) is 11.3 Å². The molecule has 1 aliphatic carbocycles. The van der Waals surface area contributed by atoms with Crippen molar-refractivity contribution in [2.75, 3.05) is 0 Å². The van der Waals surface area contributed by atoms with Gasteiger partial charge in [0.15, 0.2) is 0 Å². The highest BCUT2D eigenvalue weighted by Crippen LogP contribution is 2.29. The fourth-order valence-electron chi connectivity index (χ4n) is 3.53. The largest absolute Gasteiger partial charge is 0.349 e. The summed E-state index contributed by atoms with van der Waals surface area (Å²) in [6, 6.07) is 16.9. The lowest BCUT2D eigenvalue weighted by atomic mass is 9.87. The number of aromatic nitrogens is 1. The fraction of sp³-hybridized carbons (Fsp3) is 0.273. The van der Waals surface area contributed by atoms with E-state index in [4.69, 9.17) is 0 Å². The molecule has 0 unspecified atom stereocenters. The predicted octanol–water partition coefficient (Wildman–Crippen LogP) is 4.85. The number of fused-ring (bicyclic) bond motifs is 1.